The molecule has 68 heavy (non-hydrogen) atoms. The molecule has 4 saturated carbocycles. The van der Waals surface area contributed by atoms with Crippen molar-refractivity contribution in [1.29, 1.82) is 0 Å². The topological polar surface area (TPSA) is 301 Å². The lowest BCUT2D eigenvalue weighted by Crippen LogP contribution is -2.68. The second kappa shape index (κ2) is 18.3. The van der Waals surface area contributed by atoms with Crippen LogP contribution < -0.4 is 0 Å². The Bertz CT molecular complexity index is 1910. The molecule has 3 heterocycles. The Kier molecular flexibility index (Phi) is 14.2. The third-order valence-corrected chi connectivity index (χ3v) is 19.4. The Morgan fingerprint density at radius 2 is 1.37 bits per heavy atom. The predicted molar refractivity (Wildman–Crippen MR) is 235 cm³/mol. The van der Waals surface area contributed by atoms with Crippen LogP contribution in [0.2, 0.25) is 0 Å². The van der Waals surface area contributed by atoms with Crippen LogP contribution in [0.5, 0.6) is 0 Å². The summed E-state index contributed by atoms with van der Waals surface area (Å²) in [5.41, 5.74) is -2.19. The van der Waals surface area contributed by atoms with E-state index in [4.69, 9.17) is 33.2 Å². The molecule has 5 aliphatic carbocycles. The van der Waals surface area contributed by atoms with Gasteiger partial charge in [0.1, 0.15) is 72.9 Å². The van der Waals surface area contributed by atoms with Gasteiger partial charge < -0.3 is 84.2 Å². The van der Waals surface area contributed by atoms with E-state index in [2.05, 4.69) is 40.7 Å². The number of rotatable bonds is 9. The zero-order valence-corrected chi connectivity index (χ0v) is 40.8. The summed E-state index contributed by atoms with van der Waals surface area (Å²) in [6.45, 7) is 15.1. The number of aliphatic hydroxyl groups excluding tert-OH is 10. The van der Waals surface area contributed by atoms with Gasteiger partial charge in [-0.3, -0.25) is 9.59 Å². The number of hydrogen-bond acceptors (Lipinski definition) is 19. The van der Waals surface area contributed by atoms with Gasteiger partial charge >= 0.3 is 5.97 Å². The Morgan fingerprint density at radius 1 is 0.735 bits per heavy atom. The highest BCUT2D eigenvalue weighted by Gasteiger charge is 2.72. The Balaban J connectivity index is 1.01. The van der Waals surface area contributed by atoms with Gasteiger partial charge in [0.05, 0.1) is 36.9 Å². The monoisotopic (exact) mass is 971 g/mol. The largest absolute Gasteiger partial charge is 0.432 e. The molecule has 24 atom stereocenters. The molecule has 0 spiro atoms. The number of Topliss-reactive ketones (excluding diaryl/α,β-unsaturated/α-hetero) is 1. The van der Waals surface area contributed by atoms with Crippen molar-refractivity contribution in [3.8, 4) is 0 Å². The van der Waals surface area contributed by atoms with E-state index in [0.29, 0.717) is 31.5 Å². The van der Waals surface area contributed by atoms with Crippen molar-refractivity contribution in [2.75, 3.05) is 20.3 Å². The van der Waals surface area contributed by atoms with E-state index in [-0.39, 0.29) is 35.2 Å². The zero-order valence-electron chi connectivity index (χ0n) is 40.8. The van der Waals surface area contributed by atoms with Gasteiger partial charge in [-0.25, -0.2) is 0 Å². The van der Waals surface area contributed by atoms with Crippen LogP contribution >= 0.6 is 0 Å². The Labute approximate surface area is 398 Å². The maximum absolute atomic E-state index is 15.1. The van der Waals surface area contributed by atoms with Crippen LogP contribution in [0.25, 0.3) is 0 Å². The molecule has 0 aromatic heterocycles. The summed E-state index contributed by atoms with van der Waals surface area (Å²) >= 11 is 0. The van der Waals surface area contributed by atoms with Gasteiger partial charge in [-0.05, 0) is 85.4 Å². The van der Waals surface area contributed by atoms with Crippen LogP contribution in [0, 0.1) is 50.2 Å². The first-order valence-corrected chi connectivity index (χ1v) is 24.6. The van der Waals surface area contributed by atoms with Crippen LogP contribution in [0.1, 0.15) is 107 Å². The highest BCUT2D eigenvalue weighted by molar-refractivity contribution is 5.85. The first-order chi connectivity index (χ1) is 31.6. The minimum absolute atomic E-state index is 0.0503. The molecule has 8 aliphatic rings. The summed E-state index contributed by atoms with van der Waals surface area (Å²) < 4.78 is 41.1. The van der Waals surface area contributed by atoms with Gasteiger partial charge in [-0.15, -0.1) is 0 Å². The van der Waals surface area contributed by atoms with Gasteiger partial charge in [0.25, 0.3) is 0 Å². The molecule has 10 N–H and O–H groups in total. The van der Waals surface area contributed by atoms with Gasteiger partial charge in [-0.1, -0.05) is 60.1 Å². The lowest BCUT2D eigenvalue weighted by atomic mass is 9.33. The number of fused-ring (bicyclic) bond motifs is 7. The van der Waals surface area contributed by atoms with Crippen molar-refractivity contribution in [3.05, 3.63) is 11.6 Å². The average molecular weight is 971 g/mol. The van der Waals surface area contributed by atoms with Gasteiger partial charge in [0, 0.05) is 24.9 Å². The van der Waals surface area contributed by atoms with Gasteiger partial charge in [0.15, 0.2) is 12.6 Å². The lowest BCUT2D eigenvalue weighted by Gasteiger charge is -2.71. The van der Waals surface area contributed by atoms with Crippen molar-refractivity contribution in [2.24, 2.45) is 50.2 Å². The van der Waals surface area contributed by atoms with Crippen molar-refractivity contribution in [3.63, 3.8) is 0 Å². The molecule has 0 amide bonds. The van der Waals surface area contributed by atoms with Gasteiger partial charge in [0.2, 0.25) is 6.29 Å². The number of methoxy groups -OCH3 is 1. The molecular formula is C49H78O19. The summed E-state index contributed by atoms with van der Waals surface area (Å²) in [5, 5.41) is 108. The molecule has 7 fully saturated rings. The van der Waals surface area contributed by atoms with E-state index >= 15 is 4.79 Å². The first-order valence-electron chi connectivity index (χ1n) is 24.6. The number of carbonyl (C=O) groups is 2. The minimum atomic E-state index is -1.91. The average Bonchev–Trinajstić information content (AvgIpc) is 3.28. The third kappa shape index (κ3) is 8.00. The number of ketones is 1. The van der Waals surface area contributed by atoms with E-state index in [1.165, 1.54) is 6.92 Å². The fourth-order valence-corrected chi connectivity index (χ4v) is 14.9. The maximum Gasteiger partial charge on any atom is 0.315 e. The summed E-state index contributed by atoms with van der Waals surface area (Å²) in [5.74, 6) is -0.624. The number of allylic oxidation sites excluding steroid dienone is 1. The lowest BCUT2D eigenvalue weighted by molar-refractivity contribution is -0.361. The molecule has 3 unspecified atom stereocenters. The molecule has 19 heteroatoms. The number of ether oxygens (including phenoxy) is 7. The summed E-state index contributed by atoms with van der Waals surface area (Å²) in [6, 6.07) is 0. The SMILES string of the molecule is CO[C@@H]1C=C2[C@@H]3CC(C)(C)[C@H](O)C[C@]3(C(=O)OC3O[C@H](COC4O[C@H](CO)[C@@H](OC5O[C@@H](C)[C@H](O)[C@@H](O)[C@H]5O)[C@H](O)[C@H]4O)[C@@H](O)[C@H](O)[C@H]3O)CC[C@@]2(C)[C@]2(C)CC[C@H]3C(C)(C)C(=O)CC[C@]3(C)[C@@H]12. The number of esters is 1. The van der Waals surface area contributed by atoms with Crippen molar-refractivity contribution >= 4 is 11.8 Å². The third-order valence-electron chi connectivity index (χ3n) is 19.4. The van der Waals surface area contributed by atoms with Crippen LogP contribution in [0.3, 0.4) is 0 Å². The number of carbonyl (C=O) groups excluding carboxylic acids is 2. The summed E-state index contributed by atoms with van der Waals surface area (Å²) in [4.78, 5) is 28.5. The Hall–Kier alpha value is -1.76. The van der Waals surface area contributed by atoms with E-state index < -0.39 is 145 Å². The van der Waals surface area contributed by atoms with Crippen molar-refractivity contribution in [1.82, 2.24) is 0 Å². The Morgan fingerprint density at radius 3 is 2.03 bits per heavy atom. The fourth-order valence-electron chi connectivity index (χ4n) is 14.9. The molecule has 8 rings (SSSR count). The molecule has 0 aromatic rings. The zero-order chi connectivity index (χ0) is 50.0. The van der Waals surface area contributed by atoms with Crippen molar-refractivity contribution in [2.45, 2.75) is 211 Å². The highest BCUT2D eigenvalue weighted by atomic mass is 16.8. The summed E-state index contributed by atoms with van der Waals surface area (Å²) in [6.07, 6.45) is -19.3. The normalized spacial score (nSPS) is 53.2. The minimum Gasteiger partial charge on any atom is -0.432 e. The molecule has 3 saturated heterocycles. The van der Waals surface area contributed by atoms with Crippen LogP contribution in [0.4, 0.5) is 0 Å². The molecule has 388 valence electrons. The van der Waals surface area contributed by atoms with E-state index in [1.54, 1.807) is 7.11 Å². The highest BCUT2D eigenvalue weighted by Crippen LogP contribution is 2.76. The fraction of sp³-hybridized carbons (Fsp3) is 0.918. The van der Waals surface area contributed by atoms with Crippen LogP contribution in [-0.4, -0.2) is 187 Å². The van der Waals surface area contributed by atoms with E-state index in [9.17, 15) is 55.9 Å². The van der Waals surface area contributed by atoms with Crippen LogP contribution in [-0.2, 0) is 42.7 Å². The quantitative estimate of drug-likeness (QED) is 0.107. The molecule has 19 nitrogen and oxygen atoms in total. The van der Waals surface area contributed by atoms with Crippen LogP contribution in [0.15, 0.2) is 11.6 Å². The second-order valence-electron chi connectivity index (χ2n) is 23.7. The van der Waals surface area contributed by atoms with E-state index in [1.807, 2.05) is 13.8 Å². The van der Waals surface area contributed by atoms with E-state index in [0.717, 1.165) is 24.8 Å². The standard InChI is InChI=1S/C49H78O19/c1-21-30(53)32(55)35(58)41(64-21)67-38-25(19-50)65-40(37(60)34(38)57)63-20-26-31(54)33(56)36(59)42(66-26)68-43(61)49-15-14-47(7)22(23(49)17-44(2,3)29(52)18-49)16-24(62-9)39-46(6)12-11-28(51)45(4,5)27(46)10-13-48(39,47)8/h16,21,23-27,29-42,50,52-60H,10-15,17-20H2,1-9H3/t21-,23-,24+,25+,26+,27-,29+,30-,31+,32+,33-,34+,35+,36+,37+,38+,39+,40?,41?,42?,46-,47+,48+,49+/m0/s1. The smallest absolute Gasteiger partial charge is 0.315 e. The molecule has 0 bridgehead atoms. The second-order valence-corrected chi connectivity index (χ2v) is 23.7. The number of aliphatic hydroxyl groups is 10. The van der Waals surface area contributed by atoms with Gasteiger partial charge in [-0.2, -0.15) is 0 Å². The maximum atomic E-state index is 15.1. The molecule has 3 aliphatic heterocycles. The predicted octanol–water partition coefficient (Wildman–Crippen LogP) is -0.0280. The molecular weight excluding hydrogens is 893 g/mol. The summed E-state index contributed by atoms with van der Waals surface area (Å²) in [7, 11) is 1.72. The molecule has 0 aromatic carbocycles. The number of hydrogen-bond donors (Lipinski definition) is 10. The van der Waals surface area contributed by atoms with Crippen molar-refractivity contribution < 1.29 is 93.8 Å². The first kappa shape index (κ1) is 52.6. The molecule has 0 radical (unpaired) electrons.